The molecule has 1 unspecified atom stereocenters. The fourth-order valence-electron chi connectivity index (χ4n) is 3.22. The Bertz CT molecular complexity index is 407. The molecule has 2 N–H and O–H groups in total. The molecule has 3 nitrogen and oxygen atoms in total. The Morgan fingerprint density at radius 1 is 1.37 bits per heavy atom. The van der Waals surface area contributed by atoms with Crippen molar-refractivity contribution in [1.82, 2.24) is 4.90 Å². The van der Waals surface area contributed by atoms with Crippen molar-refractivity contribution >= 4 is 0 Å². The second-order valence-corrected chi connectivity index (χ2v) is 5.36. The van der Waals surface area contributed by atoms with Crippen LogP contribution in [0.5, 0.6) is 0 Å². The molecule has 1 aliphatic rings. The highest BCUT2D eigenvalue weighted by Gasteiger charge is 2.38. The molecule has 19 heavy (non-hydrogen) atoms. The van der Waals surface area contributed by atoms with E-state index < -0.39 is 0 Å². The predicted octanol–water partition coefficient (Wildman–Crippen LogP) is 2.15. The molecule has 0 spiro atoms. The monoisotopic (exact) mass is 262 g/mol. The molecule has 1 aromatic carbocycles. The number of hydrogen-bond acceptors (Lipinski definition) is 3. The summed E-state index contributed by atoms with van der Waals surface area (Å²) in [6.07, 6.45) is 3.54. The normalized spacial score (nSPS) is 22.5. The number of aryl methyl sites for hydroxylation is 1. The second-order valence-electron chi connectivity index (χ2n) is 5.36. The molecule has 0 saturated carbocycles. The first-order valence-corrected chi connectivity index (χ1v) is 7.32. The minimum Gasteiger partial charge on any atom is -0.380 e. The predicted molar refractivity (Wildman–Crippen MR) is 79.2 cm³/mol. The van der Waals surface area contributed by atoms with Gasteiger partial charge in [-0.05, 0) is 44.4 Å². The lowest BCUT2D eigenvalue weighted by Gasteiger charge is -2.45. The number of fused-ring (bicyclic) bond motifs is 1. The molecule has 0 saturated heterocycles. The van der Waals surface area contributed by atoms with E-state index >= 15 is 0 Å². The van der Waals surface area contributed by atoms with Crippen LogP contribution in [0.3, 0.4) is 0 Å². The zero-order chi connectivity index (χ0) is 13.7. The molecule has 1 atom stereocenters. The van der Waals surface area contributed by atoms with Gasteiger partial charge in [-0.25, -0.2) is 0 Å². The third-order valence-corrected chi connectivity index (χ3v) is 4.40. The van der Waals surface area contributed by atoms with E-state index in [0.717, 1.165) is 26.2 Å². The maximum Gasteiger partial charge on any atom is 0.0593 e. The van der Waals surface area contributed by atoms with Gasteiger partial charge >= 0.3 is 0 Å². The summed E-state index contributed by atoms with van der Waals surface area (Å²) in [5.41, 5.74) is 9.05. The summed E-state index contributed by atoms with van der Waals surface area (Å²) in [5, 5.41) is 0. The summed E-state index contributed by atoms with van der Waals surface area (Å²) in [6.45, 7) is 5.19. The van der Waals surface area contributed by atoms with Crippen LogP contribution in [0.25, 0.3) is 0 Å². The minimum absolute atomic E-state index is 0.00799. The van der Waals surface area contributed by atoms with Gasteiger partial charge in [0.1, 0.15) is 0 Å². The van der Waals surface area contributed by atoms with Gasteiger partial charge in [-0.3, -0.25) is 4.90 Å². The van der Waals surface area contributed by atoms with Crippen LogP contribution >= 0.6 is 0 Å². The van der Waals surface area contributed by atoms with Crippen LogP contribution in [0.4, 0.5) is 0 Å². The van der Waals surface area contributed by atoms with Crippen LogP contribution in [-0.4, -0.2) is 38.3 Å². The van der Waals surface area contributed by atoms with Crippen LogP contribution in [0.15, 0.2) is 24.3 Å². The Balaban J connectivity index is 2.23. The fourth-order valence-corrected chi connectivity index (χ4v) is 3.22. The molecule has 0 bridgehead atoms. The SMILES string of the molecule is CCOCCN(C)C1(CN)CCCc2ccccc21. The number of likely N-dealkylation sites (N-methyl/N-ethyl adjacent to an activating group) is 1. The lowest BCUT2D eigenvalue weighted by atomic mass is 9.75. The van der Waals surface area contributed by atoms with E-state index in [4.69, 9.17) is 10.5 Å². The van der Waals surface area contributed by atoms with Crippen LogP contribution in [0.1, 0.15) is 30.9 Å². The van der Waals surface area contributed by atoms with E-state index in [-0.39, 0.29) is 5.54 Å². The average Bonchev–Trinajstić information content (AvgIpc) is 2.46. The number of nitrogens with zero attached hydrogens (tertiary/aromatic N) is 1. The van der Waals surface area contributed by atoms with E-state index in [1.807, 2.05) is 6.92 Å². The van der Waals surface area contributed by atoms with Crippen molar-refractivity contribution in [3.8, 4) is 0 Å². The highest BCUT2D eigenvalue weighted by atomic mass is 16.5. The molecule has 0 aliphatic heterocycles. The van der Waals surface area contributed by atoms with E-state index in [1.165, 1.54) is 24.0 Å². The summed E-state index contributed by atoms with van der Waals surface area (Å²) < 4.78 is 5.49. The Hall–Kier alpha value is -0.900. The Kier molecular flexibility index (Phi) is 4.97. The zero-order valence-corrected chi connectivity index (χ0v) is 12.2. The van der Waals surface area contributed by atoms with Gasteiger partial charge < -0.3 is 10.5 Å². The van der Waals surface area contributed by atoms with Crippen molar-refractivity contribution in [2.24, 2.45) is 5.73 Å². The third kappa shape index (κ3) is 2.83. The smallest absolute Gasteiger partial charge is 0.0593 e. The number of ether oxygens (including phenoxy) is 1. The summed E-state index contributed by atoms with van der Waals surface area (Å²) in [4.78, 5) is 2.39. The molecule has 3 heteroatoms. The standard InChI is InChI=1S/C16H26N2O/c1-3-19-12-11-18(2)16(13-17)10-6-8-14-7-4-5-9-15(14)16/h4-5,7,9H,3,6,8,10-13,17H2,1-2H3. The number of nitrogens with two attached hydrogens (primary N) is 1. The lowest BCUT2D eigenvalue weighted by molar-refractivity contribution is 0.0558. The van der Waals surface area contributed by atoms with Crippen molar-refractivity contribution in [2.75, 3.05) is 33.4 Å². The van der Waals surface area contributed by atoms with Gasteiger partial charge in [0, 0.05) is 19.7 Å². The first-order chi connectivity index (χ1) is 9.24. The van der Waals surface area contributed by atoms with Gasteiger partial charge in [0.25, 0.3) is 0 Å². The Morgan fingerprint density at radius 2 is 2.16 bits per heavy atom. The molecule has 2 rings (SSSR count). The molecule has 0 heterocycles. The topological polar surface area (TPSA) is 38.5 Å². The van der Waals surface area contributed by atoms with Crippen molar-refractivity contribution in [3.05, 3.63) is 35.4 Å². The van der Waals surface area contributed by atoms with Crippen molar-refractivity contribution in [3.63, 3.8) is 0 Å². The molecule has 1 aromatic rings. The minimum atomic E-state index is -0.00799. The quantitative estimate of drug-likeness (QED) is 0.798. The summed E-state index contributed by atoms with van der Waals surface area (Å²) >= 11 is 0. The highest BCUT2D eigenvalue weighted by Crippen LogP contribution is 2.38. The van der Waals surface area contributed by atoms with Gasteiger partial charge in [-0.1, -0.05) is 24.3 Å². The van der Waals surface area contributed by atoms with Crippen molar-refractivity contribution in [2.45, 2.75) is 31.7 Å². The number of rotatable bonds is 6. The van der Waals surface area contributed by atoms with E-state index in [2.05, 4.69) is 36.2 Å². The summed E-state index contributed by atoms with van der Waals surface area (Å²) in [7, 11) is 2.17. The average molecular weight is 262 g/mol. The van der Waals surface area contributed by atoms with E-state index in [9.17, 15) is 0 Å². The van der Waals surface area contributed by atoms with Crippen molar-refractivity contribution in [1.29, 1.82) is 0 Å². The van der Waals surface area contributed by atoms with Crippen LogP contribution in [-0.2, 0) is 16.7 Å². The Labute approximate surface area is 116 Å². The number of hydrogen-bond donors (Lipinski definition) is 1. The molecule has 106 valence electrons. The number of benzene rings is 1. The lowest BCUT2D eigenvalue weighted by Crippen LogP contribution is -2.52. The fraction of sp³-hybridized carbons (Fsp3) is 0.625. The summed E-state index contributed by atoms with van der Waals surface area (Å²) in [5.74, 6) is 0. The largest absolute Gasteiger partial charge is 0.380 e. The molecule has 0 radical (unpaired) electrons. The molecular weight excluding hydrogens is 236 g/mol. The molecule has 1 aliphatic carbocycles. The Morgan fingerprint density at radius 3 is 2.89 bits per heavy atom. The van der Waals surface area contributed by atoms with Gasteiger partial charge in [0.2, 0.25) is 0 Å². The van der Waals surface area contributed by atoms with Crippen LogP contribution in [0, 0.1) is 0 Å². The molecular formula is C16H26N2O. The first-order valence-electron chi connectivity index (χ1n) is 7.32. The highest BCUT2D eigenvalue weighted by molar-refractivity contribution is 5.36. The van der Waals surface area contributed by atoms with E-state index in [1.54, 1.807) is 0 Å². The maximum atomic E-state index is 6.18. The van der Waals surface area contributed by atoms with Crippen LogP contribution in [0.2, 0.25) is 0 Å². The van der Waals surface area contributed by atoms with Crippen molar-refractivity contribution < 1.29 is 4.74 Å². The molecule has 0 amide bonds. The van der Waals surface area contributed by atoms with Crippen LogP contribution < -0.4 is 5.73 Å². The van der Waals surface area contributed by atoms with E-state index in [0.29, 0.717) is 6.54 Å². The van der Waals surface area contributed by atoms with Gasteiger partial charge in [-0.2, -0.15) is 0 Å². The maximum absolute atomic E-state index is 6.18. The second kappa shape index (κ2) is 6.51. The van der Waals surface area contributed by atoms with Gasteiger partial charge in [-0.15, -0.1) is 0 Å². The van der Waals surface area contributed by atoms with Gasteiger partial charge in [0.05, 0.1) is 12.1 Å². The van der Waals surface area contributed by atoms with Gasteiger partial charge in [0.15, 0.2) is 0 Å². The zero-order valence-electron chi connectivity index (χ0n) is 12.2. The summed E-state index contributed by atoms with van der Waals surface area (Å²) in [6, 6.07) is 8.75. The molecule has 0 fully saturated rings. The first kappa shape index (κ1) is 14.5. The third-order valence-electron chi connectivity index (χ3n) is 4.40. The molecule has 0 aromatic heterocycles.